The van der Waals surface area contributed by atoms with E-state index in [1.54, 1.807) is 17.0 Å². The molecule has 5 N–H and O–H groups in total. The van der Waals surface area contributed by atoms with Gasteiger partial charge >= 0.3 is 0 Å². The van der Waals surface area contributed by atoms with Gasteiger partial charge in [0, 0.05) is 35.6 Å². The molecular formula is C24H31N5O2. The summed E-state index contributed by atoms with van der Waals surface area (Å²) in [4.78, 5) is 26.9. The fraction of sp³-hybridized carbons (Fsp3) is 0.375. The molecule has 1 aliphatic rings. The van der Waals surface area contributed by atoms with Crippen molar-refractivity contribution in [2.24, 2.45) is 11.7 Å². The van der Waals surface area contributed by atoms with Gasteiger partial charge in [0.25, 0.3) is 0 Å². The molecular weight excluding hydrogens is 390 g/mol. The molecule has 1 fully saturated rings. The van der Waals surface area contributed by atoms with Gasteiger partial charge in [-0.15, -0.1) is 0 Å². The number of anilines is 3. The first kappa shape index (κ1) is 22.3. The van der Waals surface area contributed by atoms with Gasteiger partial charge in [0.1, 0.15) is 11.9 Å². The van der Waals surface area contributed by atoms with Gasteiger partial charge in [-0.1, -0.05) is 26.0 Å². The molecule has 3 rings (SSSR count). The fourth-order valence-corrected chi connectivity index (χ4v) is 3.71. The molecule has 0 radical (unpaired) electrons. The number of hydrogen-bond donors (Lipinski definition) is 4. The Hall–Kier alpha value is -3.35. The Labute approximate surface area is 183 Å². The predicted octanol–water partition coefficient (Wildman–Crippen LogP) is 3.95. The van der Waals surface area contributed by atoms with Crippen LogP contribution in [-0.2, 0) is 9.59 Å². The van der Waals surface area contributed by atoms with Crippen LogP contribution in [0.1, 0.15) is 45.1 Å². The van der Waals surface area contributed by atoms with Crippen LogP contribution >= 0.6 is 0 Å². The van der Waals surface area contributed by atoms with Gasteiger partial charge in [-0.2, -0.15) is 0 Å². The van der Waals surface area contributed by atoms with E-state index in [9.17, 15) is 9.59 Å². The average Bonchev–Trinajstić information content (AvgIpc) is 2.74. The monoisotopic (exact) mass is 421 g/mol. The molecule has 164 valence electrons. The van der Waals surface area contributed by atoms with Crippen molar-refractivity contribution < 1.29 is 9.59 Å². The highest BCUT2D eigenvalue weighted by Crippen LogP contribution is 2.23. The first-order valence-corrected chi connectivity index (χ1v) is 10.8. The molecule has 1 heterocycles. The summed E-state index contributed by atoms with van der Waals surface area (Å²) in [6, 6.07) is 14.2. The molecule has 0 unspecified atom stereocenters. The minimum atomic E-state index is -0.439. The van der Waals surface area contributed by atoms with Gasteiger partial charge < -0.3 is 21.3 Å². The van der Waals surface area contributed by atoms with Gasteiger partial charge in [0.05, 0.1) is 0 Å². The van der Waals surface area contributed by atoms with E-state index in [2.05, 4.69) is 24.5 Å². The lowest BCUT2D eigenvalue weighted by molar-refractivity contribution is -0.119. The lowest BCUT2D eigenvalue weighted by Crippen LogP contribution is -2.36. The Morgan fingerprint density at radius 3 is 2.52 bits per heavy atom. The lowest BCUT2D eigenvalue weighted by atomic mass is 10.0. The third-order valence-electron chi connectivity index (χ3n) is 5.31. The molecule has 1 atom stereocenters. The molecule has 1 aliphatic heterocycles. The van der Waals surface area contributed by atoms with Crippen molar-refractivity contribution in [3.63, 3.8) is 0 Å². The minimum Gasteiger partial charge on any atom is -0.384 e. The smallest absolute Gasteiger partial charge is 0.246 e. The number of benzene rings is 2. The third kappa shape index (κ3) is 6.07. The maximum absolute atomic E-state index is 13.0. The highest BCUT2D eigenvalue weighted by Gasteiger charge is 2.22. The van der Waals surface area contributed by atoms with E-state index in [0.717, 1.165) is 30.8 Å². The van der Waals surface area contributed by atoms with Gasteiger partial charge in [0.15, 0.2) is 0 Å². The number of nitrogens with one attached hydrogen (secondary N) is 3. The summed E-state index contributed by atoms with van der Waals surface area (Å²) in [5.74, 6) is 0.313. The zero-order valence-corrected chi connectivity index (χ0v) is 18.2. The highest BCUT2D eigenvalue weighted by atomic mass is 16.2. The molecule has 1 saturated heterocycles. The Balaban J connectivity index is 1.69. The zero-order valence-electron chi connectivity index (χ0n) is 18.2. The molecule has 2 aromatic carbocycles. The van der Waals surface area contributed by atoms with Crippen molar-refractivity contribution in [1.82, 2.24) is 0 Å². The number of rotatable bonds is 8. The average molecular weight is 422 g/mol. The van der Waals surface area contributed by atoms with Crippen LogP contribution in [0.2, 0.25) is 0 Å². The van der Waals surface area contributed by atoms with Crippen LogP contribution in [0.25, 0.3) is 0 Å². The highest BCUT2D eigenvalue weighted by molar-refractivity contribution is 5.98. The SMILES string of the molecule is CC(C)C[C@@H](Nc1cccc(C(=N)N)c1)C(=O)Nc1ccc(N2CCCCC2=O)cc1. The molecule has 0 aliphatic carbocycles. The number of nitrogens with two attached hydrogens (primary N) is 1. The van der Waals surface area contributed by atoms with Crippen LogP contribution in [0.4, 0.5) is 17.1 Å². The predicted molar refractivity (Wildman–Crippen MR) is 126 cm³/mol. The Bertz CT molecular complexity index is 939. The summed E-state index contributed by atoms with van der Waals surface area (Å²) < 4.78 is 0. The standard InChI is InChI=1S/C24H31N5O2/c1-16(2)14-21(27-19-7-5-6-17(15-19)23(25)26)24(31)28-18-9-11-20(12-10-18)29-13-4-3-8-22(29)30/h5-7,9-12,15-16,21,27H,3-4,8,13-14H2,1-2H3,(H3,25,26)(H,28,31)/t21-/m1/s1. The van der Waals surface area contributed by atoms with Gasteiger partial charge in [-0.05, 0) is 61.6 Å². The quantitative estimate of drug-likeness (QED) is 0.382. The second-order valence-corrected chi connectivity index (χ2v) is 8.36. The molecule has 2 amide bonds. The van der Waals surface area contributed by atoms with Crippen molar-refractivity contribution in [1.29, 1.82) is 5.41 Å². The van der Waals surface area contributed by atoms with E-state index in [-0.39, 0.29) is 17.6 Å². The maximum atomic E-state index is 13.0. The summed E-state index contributed by atoms with van der Waals surface area (Å²) in [5.41, 5.74) is 8.48. The number of carbonyl (C=O) groups is 2. The zero-order chi connectivity index (χ0) is 22.4. The Kier molecular flexibility index (Phi) is 7.28. The number of nitrogens with zero attached hydrogens (tertiary/aromatic N) is 1. The van der Waals surface area contributed by atoms with E-state index in [0.29, 0.717) is 30.0 Å². The minimum absolute atomic E-state index is 0.0132. The van der Waals surface area contributed by atoms with E-state index < -0.39 is 6.04 Å². The second-order valence-electron chi connectivity index (χ2n) is 8.36. The molecule has 0 aromatic heterocycles. The topological polar surface area (TPSA) is 111 Å². The number of piperidine rings is 1. The number of amidine groups is 1. The van der Waals surface area contributed by atoms with Crippen molar-refractivity contribution in [3.8, 4) is 0 Å². The first-order valence-electron chi connectivity index (χ1n) is 10.8. The summed E-state index contributed by atoms with van der Waals surface area (Å²) in [6.07, 6.45) is 3.20. The summed E-state index contributed by atoms with van der Waals surface area (Å²) >= 11 is 0. The number of hydrogen-bond acceptors (Lipinski definition) is 4. The molecule has 0 bridgehead atoms. The third-order valence-corrected chi connectivity index (χ3v) is 5.31. The first-order chi connectivity index (χ1) is 14.8. The summed E-state index contributed by atoms with van der Waals surface area (Å²) in [7, 11) is 0. The Morgan fingerprint density at radius 2 is 1.87 bits per heavy atom. The number of carbonyl (C=O) groups excluding carboxylic acids is 2. The van der Waals surface area contributed by atoms with Gasteiger partial charge in [0.2, 0.25) is 11.8 Å². The maximum Gasteiger partial charge on any atom is 0.246 e. The second kappa shape index (κ2) is 10.1. The van der Waals surface area contributed by atoms with Crippen LogP contribution < -0.4 is 21.3 Å². The van der Waals surface area contributed by atoms with E-state index in [1.165, 1.54) is 0 Å². The largest absolute Gasteiger partial charge is 0.384 e. The van der Waals surface area contributed by atoms with E-state index in [1.807, 2.05) is 36.4 Å². The van der Waals surface area contributed by atoms with Crippen LogP contribution in [0.5, 0.6) is 0 Å². The van der Waals surface area contributed by atoms with Gasteiger partial charge in [-0.3, -0.25) is 15.0 Å². The summed E-state index contributed by atoms with van der Waals surface area (Å²) in [6.45, 7) is 4.88. The number of nitrogen functional groups attached to an aromatic ring is 1. The van der Waals surface area contributed by atoms with Crippen molar-refractivity contribution in [2.45, 2.75) is 45.6 Å². The fourth-order valence-electron chi connectivity index (χ4n) is 3.71. The molecule has 7 nitrogen and oxygen atoms in total. The van der Waals surface area contributed by atoms with Crippen molar-refractivity contribution >= 4 is 34.7 Å². The summed E-state index contributed by atoms with van der Waals surface area (Å²) in [5, 5.41) is 13.9. The van der Waals surface area contributed by atoms with E-state index >= 15 is 0 Å². The van der Waals surface area contributed by atoms with Crippen LogP contribution in [0.15, 0.2) is 48.5 Å². The molecule has 0 saturated carbocycles. The van der Waals surface area contributed by atoms with Crippen LogP contribution in [0, 0.1) is 11.3 Å². The van der Waals surface area contributed by atoms with Crippen molar-refractivity contribution in [3.05, 3.63) is 54.1 Å². The van der Waals surface area contributed by atoms with Crippen LogP contribution in [0.3, 0.4) is 0 Å². The number of amides is 2. The molecule has 0 spiro atoms. The van der Waals surface area contributed by atoms with Crippen molar-refractivity contribution in [2.75, 3.05) is 22.1 Å². The van der Waals surface area contributed by atoms with Gasteiger partial charge in [-0.25, -0.2) is 0 Å². The van der Waals surface area contributed by atoms with E-state index in [4.69, 9.17) is 11.1 Å². The lowest BCUT2D eigenvalue weighted by Gasteiger charge is -2.27. The normalized spacial score (nSPS) is 14.9. The Morgan fingerprint density at radius 1 is 1.13 bits per heavy atom. The molecule has 31 heavy (non-hydrogen) atoms. The molecule has 2 aromatic rings. The molecule has 7 heteroatoms. The van der Waals surface area contributed by atoms with Crippen LogP contribution in [-0.4, -0.2) is 30.2 Å².